The SMILES string of the molecule is CC(C)C(=O)N(CCNC(=O)c1cccnc1)Cc1ccc(C(F)(F)F)c(F)c1. The second kappa shape index (κ2) is 9.49. The van der Waals surface area contributed by atoms with Gasteiger partial charge in [-0.2, -0.15) is 13.2 Å². The molecule has 0 aliphatic heterocycles. The van der Waals surface area contributed by atoms with Crippen molar-refractivity contribution in [1.29, 1.82) is 0 Å². The molecule has 0 radical (unpaired) electrons. The van der Waals surface area contributed by atoms with Crippen molar-refractivity contribution in [2.24, 2.45) is 5.92 Å². The van der Waals surface area contributed by atoms with Crippen LogP contribution in [0.5, 0.6) is 0 Å². The average molecular weight is 411 g/mol. The van der Waals surface area contributed by atoms with E-state index in [4.69, 9.17) is 0 Å². The highest BCUT2D eigenvalue weighted by molar-refractivity contribution is 5.93. The Morgan fingerprint density at radius 2 is 1.93 bits per heavy atom. The third kappa shape index (κ3) is 6.27. The molecule has 0 fully saturated rings. The minimum absolute atomic E-state index is 0.0746. The van der Waals surface area contributed by atoms with Crippen LogP contribution in [0.2, 0.25) is 0 Å². The molecule has 1 aromatic carbocycles. The van der Waals surface area contributed by atoms with Crippen molar-refractivity contribution >= 4 is 11.8 Å². The fourth-order valence-corrected chi connectivity index (χ4v) is 2.64. The highest BCUT2D eigenvalue weighted by atomic mass is 19.4. The molecule has 2 aromatic rings. The van der Waals surface area contributed by atoms with Gasteiger partial charge in [-0.25, -0.2) is 4.39 Å². The first-order valence-electron chi connectivity index (χ1n) is 8.92. The van der Waals surface area contributed by atoms with Gasteiger partial charge in [-0.1, -0.05) is 19.9 Å². The molecule has 0 saturated carbocycles. The summed E-state index contributed by atoms with van der Waals surface area (Å²) in [7, 11) is 0. The number of rotatable bonds is 7. The zero-order valence-corrected chi connectivity index (χ0v) is 16.0. The van der Waals surface area contributed by atoms with Gasteiger partial charge in [0.25, 0.3) is 5.91 Å². The first-order valence-corrected chi connectivity index (χ1v) is 8.92. The number of halogens is 4. The molecule has 2 rings (SSSR count). The number of nitrogens with one attached hydrogen (secondary N) is 1. The predicted molar refractivity (Wildman–Crippen MR) is 98.2 cm³/mol. The number of hydrogen-bond acceptors (Lipinski definition) is 3. The molecule has 1 heterocycles. The van der Waals surface area contributed by atoms with Crippen LogP contribution in [0.3, 0.4) is 0 Å². The maximum absolute atomic E-state index is 13.8. The monoisotopic (exact) mass is 411 g/mol. The van der Waals surface area contributed by atoms with Crippen LogP contribution in [-0.2, 0) is 17.5 Å². The minimum atomic E-state index is -4.79. The first kappa shape index (κ1) is 22.3. The Morgan fingerprint density at radius 1 is 1.21 bits per heavy atom. The van der Waals surface area contributed by atoms with Gasteiger partial charge in [0.15, 0.2) is 0 Å². The fraction of sp³-hybridized carbons (Fsp3) is 0.350. The van der Waals surface area contributed by atoms with Crippen LogP contribution in [0.1, 0.15) is 35.3 Å². The van der Waals surface area contributed by atoms with E-state index in [0.29, 0.717) is 11.6 Å². The maximum atomic E-state index is 13.8. The summed E-state index contributed by atoms with van der Waals surface area (Å²) in [4.78, 5) is 29.7. The van der Waals surface area contributed by atoms with Gasteiger partial charge in [-0.15, -0.1) is 0 Å². The largest absolute Gasteiger partial charge is 0.419 e. The zero-order valence-electron chi connectivity index (χ0n) is 16.0. The Bertz CT molecular complexity index is 855. The summed E-state index contributed by atoms with van der Waals surface area (Å²) in [6, 6.07) is 5.78. The van der Waals surface area contributed by atoms with Gasteiger partial charge < -0.3 is 10.2 Å². The second-order valence-electron chi connectivity index (χ2n) is 6.72. The van der Waals surface area contributed by atoms with E-state index in [9.17, 15) is 27.2 Å². The van der Waals surface area contributed by atoms with Crippen molar-refractivity contribution in [2.45, 2.75) is 26.6 Å². The van der Waals surface area contributed by atoms with Gasteiger partial charge in [0.05, 0.1) is 11.1 Å². The third-order valence-electron chi connectivity index (χ3n) is 4.11. The molecular formula is C20H21F4N3O2. The Morgan fingerprint density at radius 3 is 2.48 bits per heavy atom. The lowest BCUT2D eigenvalue weighted by Gasteiger charge is -2.25. The first-order chi connectivity index (χ1) is 13.6. The summed E-state index contributed by atoms with van der Waals surface area (Å²) in [6.45, 7) is 3.52. The number of aromatic nitrogens is 1. The molecule has 0 atom stereocenters. The van der Waals surface area contributed by atoms with Crippen molar-refractivity contribution in [2.75, 3.05) is 13.1 Å². The molecular weight excluding hydrogens is 390 g/mol. The Kier molecular flexibility index (Phi) is 7.30. The van der Waals surface area contributed by atoms with Crippen LogP contribution >= 0.6 is 0 Å². The lowest BCUT2D eigenvalue weighted by atomic mass is 10.1. The van der Waals surface area contributed by atoms with E-state index in [1.807, 2.05) is 0 Å². The quantitative estimate of drug-likeness (QED) is 0.708. The van der Waals surface area contributed by atoms with Gasteiger partial charge in [0.2, 0.25) is 5.91 Å². The summed E-state index contributed by atoms with van der Waals surface area (Å²) < 4.78 is 51.9. The molecule has 1 aromatic heterocycles. The normalized spacial score (nSPS) is 11.4. The molecule has 1 N–H and O–H groups in total. The summed E-state index contributed by atoms with van der Waals surface area (Å²) in [5, 5.41) is 2.65. The van der Waals surface area contributed by atoms with Crippen LogP contribution in [-0.4, -0.2) is 34.8 Å². The molecule has 0 bridgehead atoms. The third-order valence-corrected chi connectivity index (χ3v) is 4.11. The van der Waals surface area contributed by atoms with E-state index >= 15 is 0 Å². The zero-order chi connectivity index (χ0) is 21.6. The maximum Gasteiger partial charge on any atom is 0.419 e. The summed E-state index contributed by atoms with van der Waals surface area (Å²) in [5.74, 6) is -2.39. The number of alkyl halides is 3. The highest BCUT2D eigenvalue weighted by Crippen LogP contribution is 2.31. The number of benzene rings is 1. The van der Waals surface area contributed by atoms with Crippen molar-refractivity contribution < 1.29 is 27.2 Å². The molecule has 0 spiro atoms. The Balaban J connectivity index is 2.06. The number of hydrogen-bond donors (Lipinski definition) is 1. The van der Waals surface area contributed by atoms with Gasteiger partial charge >= 0.3 is 6.18 Å². The van der Waals surface area contributed by atoms with E-state index < -0.39 is 17.6 Å². The van der Waals surface area contributed by atoms with Crippen molar-refractivity contribution in [3.05, 3.63) is 65.2 Å². The van der Waals surface area contributed by atoms with Gasteiger partial charge in [-0.3, -0.25) is 14.6 Å². The fourth-order valence-electron chi connectivity index (χ4n) is 2.64. The van der Waals surface area contributed by atoms with E-state index in [2.05, 4.69) is 10.3 Å². The molecule has 0 unspecified atom stereocenters. The van der Waals surface area contributed by atoms with Gasteiger partial charge in [0.1, 0.15) is 5.82 Å². The second-order valence-corrected chi connectivity index (χ2v) is 6.72. The molecule has 5 nitrogen and oxygen atoms in total. The van der Waals surface area contributed by atoms with E-state index in [0.717, 1.165) is 12.1 Å². The average Bonchev–Trinajstić information content (AvgIpc) is 2.66. The number of nitrogens with zero attached hydrogens (tertiary/aromatic N) is 2. The van der Waals surface area contributed by atoms with Crippen LogP contribution < -0.4 is 5.32 Å². The summed E-state index contributed by atoms with van der Waals surface area (Å²) in [5.41, 5.74) is -0.770. The molecule has 156 valence electrons. The van der Waals surface area contributed by atoms with Crippen molar-refractivity contribution in [1.82, 2.24) is 15.2 Å². The van der Waals surface area contributed by atoms with Crippen LogP contribution in [0.25, 0.3) is 0 Å². The van der Waals surface area contributed by atoms with Crippen LogP contribution in [0.4, 0.5) is 17.6 Å². The summed E-state index contributed by atoms with van der Waals surface area (Å²) >= 11 is 0. The van der Waals surface area contributed by atoms with Crippen molar-refractivity contribution in [3.8, 4) is 0 Å². The molecule has 2 amide bonds. The van der Waals surface area contributed by atoms with Gasteiger partial charge in [-0.05, 0) is 29.8 Å². The van der Waals surface area contributed by atoms with E-state index in [-0.39, 0.29) is 42.9 Å². The predicted octanol–water partition coefficient (Wildman–Crippen LogP) is 3.65. The van der Waals surface area contributed by atoms with Gasteiger partial charge in [0, 0.05) is 37.9 Å². The topological polar surface area (TPSA) is 62.3 Å². The molecule has 0 aliphatic carbocycles. The molecule has 0 saturated heterocycles. The number of amides is 2. The van der Waals surface area contributed by atoms with E-state index in [1.54, 1.807) is 26.0 Å². The lowest BCUT2D eigenvalue weighted by molar-refractivity contribution is -0.140. The van der Waals surface area contributed by atoms with Crippen LogP contribution in [0.15, 0.2) is 42.7 Å². The Hall–Kier alpha value is -2.97. The molecule has 9 heteroatoms. The highest BCUT2D eigenvalue weighted by Gasteiger charge is 2.34. The van der Waals surface area contributed by atoms with E-state index in [1.165, 1.54) is 17.3 Å². The molecule has 0 aliphatic rings. The summed E-state index contributed by atoms with van der Waals surface area (Å²) in [6.07, 6.45) is -1.85. The smallest absolute Gasteiger partial charge is 0.350 e. The number of carbonyl (C=O) groups excluding carboxylic acids is 2. The number of pyridine rings is 1. The minimum Gasteiger partial charge on any atom is -0.350 e. The van der Waals surface area contributed by atoms with Crippen LogP contribution in [0, 0.1) is 11.7 Å². The molecule has 29 heavy (non-hydrogen) atoms. The standard InChI is InChI=1S/C20H21F4N3O2/c1-13(2)19(29)27(9-8-26-18(28)15-4-3-7-25-11-15)12-14-5-6-16(17(21)10-14)20(22,23)24/h3-7,10-11,13H,8-9,12H2,1-2H3,(H,26,28). The Labute approximate surface area is 165 Å². The number of carbonyl (C=O) groups is 2. The van der Waals surface area contributed by atoms with Crippen molar-refractivity contribution in [3.63, 3.8) is 0 Å². The lowest BCUT2D eigenvalue weighted by Crippen LogP contribution is -2.40.